The first-order chi connectivity index (χ1) is 14.6. The highest BCUT2D eigenvalue weighted by atomic mass is 32.2. The number of nitrogens with zero attached hydrogens (tertiary/aromatic N) is 1. The summed E-state index contributed by atoms with van der Waals surface area (Å²) >= 11 is 0. The molecule has 0 spiro atoms. The summed E-state index contributed by atoms with van der Waals surface area (Å²) in [5.74, 6) is -0.128. The third kappa shape index (κ3) is 5.88. The maximum absolute atomic E-state index is 12.5. The van der Waals surface area contributed by atoms with E-state index in [2.05, 4.69) is 46.6 Å². The Morgan fingerprint density at radius 2 is 1.71 bits per heavy atom. The minimum atomic E-state index is -3.66. The topological polar surface area (TPSA) is 112 Å². The maximum atomic E-state index is 12.5. The van der Waals surface area contributed by atoms with Crippen LogP contribution in [0.1, 0.15) is 51.3 Å². The average molecular weight is 446 g/mol. The number of aromatic nitrogens is 1. The summed E-state index contributed by atoms with van der Waals surface area (Å²) in [4.78, 5) is 16.6. The fraction of sp³-hybridized carbons (Fsp3) is 0.455. The van der Waals surface area contributed by atoms with Crippen LogP contribution in [0.15, 0.2) is 53.7 Å². The Balaban J connectivity index is 1.49. The highest BCUT2D eigenvalue weighted by Crippen LogP contribution is 2.27. The Kier molecular flexibility index (Phi) is 7.10. The minimum absolute atomic E-state index is 0.0253. The molecule has 0 bridgehead atoms. The second-order valence-electron chi connectivity index (χ2n) is 8.87. The molecular formula is C22H31N5O3S. The first-order valence-corrected chi connectivity index (χ1v) is 11.9. The molecule has 3 rings (SSSR count). The molecule has 3 atom stereocenters. The molecule has 4 N–H and O–H groups in total. The van der Waals surface area contributed by atoms with Crippen LogP contribution in [-0.2, 0) is 20.2 Å². The van der Waals surface area contributed by atoms with Gasteiger partial charge in [0.15, 0.2) is 0 Å². The van der Waals surface area contributed by atoms with Gasteiger partial charge in [0.1, 0.15) is 0 Å². The highest BCUT2D eigenvalue weighted by Gasteiger charge is 2.34. The van der Waals surface area contributed by atoms with Crippen LogP contribution in [0.4, 0.5) is 0 Å². The standard InChI is InChI=1S/C22H31N5O3S/c1-15-20(16-9-12-23-13-10-16)26-27-21(15)25-19(28)11-14-24-31(29,30)18-7-5-17(6-8-18)22(2,3)4/h5-10,12-13,15,20-21,24,26-27H,11,14H2,1-4H3,(H,25,28). The van der Waals surface area contributed by atoms with E-state index in [-0.39, 0.29) is 47.3 Å². The van der Waals surface area contributed by atoms with E-state index in [4.69, 9.17) is 0 Å². The molecule has 31 heavy (non-hydrogen) atoms. The number of amides is 1. The van der Waals surface area contributed by atoms with Crippen molar-refractivity contribution in [3.05, 3.63) is 59.9 Å². The number of pyridine rings is 1. The number of nitrogens with one attached hydrogen (secondary N) is 4. The van der Waals surface area contributed by atoms with Crippen molar-refractivity contribution in [2.24, 2.45) is 5.92 Å². The largest absolute Gasteiger partial charge is 0.339 e. The molecule has 1 aromatic carbocycles. The number of rotatable bonds is 7. The van der Waals surface area contributed by atoms with E-state index in [0.717, 1.165) is 11.1 Å². The van der Waals surface area contributed by atoms with Gasteiger partial charge in [0.05, 0.1) is 17.1 Å². The van der Waals surface area contributed by atoms with Crippen LogP contribution in [0.3, 0.4) is 0 Å². The Morgan fingerprint density at radius 1 is 1.06 bits per heavy atom. The maximum Gasteiger partial charge on any atom is 0.240 e. The lowest BCUT2D eigenvalue weighted by molar-refractivity contribution is -0.122. The molecule has 2 heterocycles. The van der Waals surface area contributed by atoms with Crippen LogP contribution in [-0.4, -0.2) is 32.0 Å². The fourth-order valence-corrected chi connectivity index (χ4v) is 4.55. The Labute approximate surface area is 184 Å². The van der Waals surface area contributed by atoms with Gasteiger partial charge in [-0.05, 0) is 40.8 Å². The second-order valence-corrected chi connectivity index (χ2v) is 10.6. The van der Waals surface area contributed by atoms with Gasteiger partial charge in [0.25, 0.3) is 0 Å². The molecule has 1 aliphatic rings. The van der Waals surface area contributed by atoms with Gasteiger partial charge < -0.3 is 5.32 Å². The molecule has 3 unspecified atom stereocenters. The van der Waals surface area contributed by atoms with E-state index in [1.54, 1.807) is 24.5 Å². The molecule has 1 amide bonds. The van der Waals surface area contributed by atoms with Gasteiger partial charge in [0, 0.05) is 31.3 Å². The van der Waals surface area contributed by atoms with Crippen LogP contribution >= 0.6 is 0 Å². The van der Waals surface area contributed by atoms with Crippen molar-refractivity contribution in [3.8, 4) is 0 Å². The molecule has 2 aromatic rings. The lowest BCUT2D eigenvalue weighted by Crippen LogP contribution is -2.47. The normalized spacial score (nSPS) is 21.7. The second kappa shape index (κ2) is 9.44. The molecule has 9 heteroatoms. The first-order valence-electron chi connectivity index (χ1n) is 10.4. The number of carbonyl (C=O) groups is 1. The molecule has 0 aliphatic carbocycles. The summed E-state index contributed by atoms with van der Waals surface area (Å²) in [5, 5.41) is 2.92. The van der Waals surface area contributed by atoms with E-state index >= 15 is 0 Å². The van der Waals surface area contributed by atoms with Gasteiger partial charge in [-0.1, -0.05) is 39.8 Å². The summed E-state index contributed by atoms with van der Waals surface area (Å²) in [7, 11) is -3.66. The number of benzene rings is 1. The van der Waals surface area contributed by atoms with E-state index in [9.17, 15) is 13.2 Å². The van der Waals surface area contributed by atoms with Gasteiger partial charge >= 0.3 is 0 Å². The minimum Gasteiger partial charge on any atom is -0.339 e. The third-order valence-electron chi connectivity index (χ3n) is 5.50. The van der Waals surface area contributed by atoms with Gasteiger partial charge in [-0.15, -0.1) is 0 Å². The van der Waals surface area contributed by atoms with Crippen molar-refractivity contribution in [2.75, 3.05) is 6.54 Å². The predicted molar refractivity (Wildman–Crippen MR) is 119 cm³/mol. The Morgan fingerprint density at radius 3 is 2.32 bits per heavy atom. The molecule has 0 radical (unpaired) electrons. The molecule has 168 valence electrons. The van der Waals surface area contributed by atoms with E-state index in [0.29, 0.717) is 0 Å². The summed E-state index contributed by atoms with van der Waals surface area (Å²) in [6, 6.07) is 10.7. The van der Waals surface area contributed by atoms with Crippen LogP contribution in [0.5, 0.6) is 0 Å². The quantitative estimate of drug-likeness (QED) is 0.518. The molecule has 1 aliphatic heterocycles. The number of hydrazine groups is 1. The lowest BCUT2D eigenvalue weighted by Gasteiger charge is -2.20. The summed E-state index contributed by atoms with van der Waals surface area (Å²) in [6.07, 6.45) is 3.26. The number of sulfonamides is 1. The molecule has 1 fully saturated rings. The third-order valence-corrected chi connectivity index (χ3v) is 6.98. The Hall–Kier alpha value is -2.33. The van der Waals surface area contributed by atoms with E-state index in [1.165, 1.54) is 0 Å². The smallest absolute Gasteiger partial charge is 0.240 e. The van der Waals surface area contributed by atoms with Gasteiger partial charge in [-0.3, -0.25) is 9.78 Å². The van der Waals surface area contributed by atoms with Crippen molar-refractivity contribution < 1.29 is 13.2 Å². The van der Waals surface area contributed by atoms with Crippen LogP contribution < -0.4 is 20.9 Å². The van der Waals surface area contributed by atoms with Crippen LogP contribution in [0.2, 0.25) is 0 Å². The molecule has 1 saturated heterocycles. The monoisotopic (exact) mass is 445 g/mol. The predicted octanol–water partition coefficient (Wildman–Crippen LogP) is 1.98. The zero-order chi connectivity index (χ0) is 22.6. The van der Waals surface area contributed by atoms with Crippen molar-refractivity contribution in [3.63, 3.8) is 0 Å². The SMILES string of the molecule is CC1C(NC(=O)CCNS(=O)(=O)c2ccc(C(C)(C)C)cc2)NNC1c1ccncc1. The van der Waals surface area contributed by atoms with Crippen LogP contribution in [0.25, 0.3) is 0 Å². The first kappa shape index (κ1) is 23.3. The van der Waals surface area contributed by atoms with E-state index < -0.39 is 10.0 Å². The molecular weight excluding hydrogens is 414 g/mol. The van der Waals surface area contributed by atoms with Crippen LogP contribution in [0, 0.1) is 5.92 Å². The number of carbonyl (C=O) groups excluding carboxylic acids is 1. The van der Waals surface area contributed by atoms with Gasteiger partial charge in [-0.2, -0.15) is 0 Å². The fourth-order valence-electron chi connectivity index (χ4n) is 3.52. The molecule has 1 aromatic heterocycles. The highest BCUT2D eigenvalue weighted by molar-refractivity contribution is 7.89. The van der Waals surface area contributed by atoms with Crippen molar-refractivity contribution in [1.29, 1.82) is 0 Å². The van der Waals surface area contributed by atoms with Gasteiger partial charge in [0.2, 0.25) is 15.9 Å². The number of hydrogen-bond acceptors (Lipinski definition) is 6. The Bertz CT molecular complexity index is 988. The van der Waals surface area contributed by atoms with Crippen molar-refractivity contribution in [1.82, 2.24) is 25.9 Å². The molecule has 8 nitrogen and oxygen atoms in total. The zero-order valence-electron chi connectivity index (χ0n) is 18.3. The zero-order valence-corrected chi connectivity index (χ0v) is 19.2. The van der Waals surface area contributed by atoms with Crippen molar-refractivity contribution in [2.45, 2.75) is 56.6 Å². The van der Waals surface area contributed by atoms with Crippen molar-refractivity contribution >= 4 is 15.9 Å². The van der Waals surface area contributed by atoms with Gasteiger partial charge in [-0.25, -0.2) is 24.0 Å². The average Bonchev–Trinajstić information content (AvgIpc) is 3.08. The summed E-state index contributed by atoms with van der Waals surface area (Å²) < 4.78 is 27.5. The summed E-state index contributed by atoms with van der Waals surface area (Å²) in [5.41, 5.74) is 8.37. The van der Waals surface area contributed by atoms with E-state index in [1.807, 2.05) is 31.2 Å². The lowest BCUT2D eigenvalue weighted by atomic mass is 9.87. The molecule has 0 saturated carbocycles. The summed E-state index contributed by atoms with van der Waals surface area (Å²) in [6.45, 7) is 8.27. The number of hydrogen-bond donors (Lipinski definition) is 4.